The minimum Gasteiger partial charge on any atom is -0.398 e. The summed E-state index contributed by atoms with van der Waals surface area (Å²) < 4.78 is 43.4. The summed E-state index contributed by atoms with van der Waals surface area (Å²) in [6.45, 7) is -0.0947. The van der Waals surface area contributed by atoms with E-state index in [0.717, 1.165) is 30.0 Å². The third kappa shape index (κ3) is 4.13. The van der Waals surface area contributed by atoms with Crippen molar-refractivity contribution in [1.82, 2.24) is 15.1 Å². The minimum atomic E-state index is -4.42. The Bertz CT molecular complexity index is 1070. The quantitative estimate of drug-likeness (QED) is 0.283. The molecule has 1 aliphatic carbocycles. The predicted molar refractivity (Wildman–Crippen MR) is 102 cm³/mol. The first kappa shape index (κ1) is 19.9. The third-order valence-corrected chi connectivity index (χ3v) is 4.82. The lowest BCUT2D eigenvalue weighted by molar-refractivity contribution is -0.137. The Morgan fingerprint density at radius 3 is 2.43 bits per heavy atom. The molecule has 156 valence electrons. The topological polar surface area (TPSA) is 111 Å². The van der Waals surface area contributed by atoms with Gasteiger partial charge in [-0.3, -0.25) is 9.80 Å². The molecule has 7 nitrogen and oxygen atoms in total. The molecule has 0 bridgehead atoms. The number of carbonyl (C=O) groups is 1. The maximum absolute atomic E-state index is 12.8. The van der Waals surface area contributed by atoms with Gasteiger partial charge in [-0.1, -0.05) is 23.4 Å². The fourth-order valence-corrected chi connectivity index (χ4v) is 2.98. The highest BCUT2D eigenvalue weighted by atomic mass is 19.4. The molecule has 30 heavy (non-hydrogen) atoms. The molecule has 10 heteroatoms. The maximum Gasteiger partial charge on any atom is 0.416 e. The number of aromatic nitrogens is 2. The first-order valence-electron chi connectivity index (χ1n) is 9.18. The molecule has 4 rings (SSSR count). The molecule has 1 aliphatic rings. The van der Waals surface area contributed by atoms with Crippen LogP contribution >= 0.6 is 0 Å². The zero-order valence-corrected chi connectivity index (χ0v) is 15.7. The van der Waals surface area contributed by atoms with E-state index in [2.05, 4.69) is 10.1 Å². The molecule has 0 unspecified atom stereocenters. The summed E-state index contributed by atoms with van der Waals surface area (Å²) in [7, 11) is 0. The first-order chi connectivity index (χ1) is 14.2. The van der Waals surface area contributed by atoms with Crippen molar-refractivity contribution >= 4 is 11.6 Å². The van der Waals surface area contributed by atoms with Gasteiger partial charge >= 0.3 is 6.18 Å². The van der Waals surface area contributed by atoms with Crippen LogP contribution in [-0.4, -0.2) is 21.1 Å². The van der Waals surface area contributed by atoms with Gasteiger partial charge in [0.05, 0.1) is 11.1 Å². The van der Waals surface area contributed by atoms with Crippen molar-refractivity contribution < 1.29 is 22.5 Å². The lowest BCUT2D eigenvalue weighted by atomic mass is 10.00. The third-order valence-electron chi connectivity index (χ3n) is 4.82. The number of halogens is 3. The van der Waals surface area contributed by atoms with Crippen LogP contribution in [0.2, 0.25) is 0 Å². The summed E-state index contributed by atoms with van der Waals surface area (Å²) in [6, 6.07) is 9.25. The molecule has 0 atom stereocenters. The molecule has 2 aromatic carbocycles. The van der Waals surface area contributed by atoms with E-state index in [-0.39, 0.29) is 23.7 Å². The van der Waals surface area contributed by atoms with Gasteiger partial charge in [0.1, 0.15) is 6.54 Å². The number of anilines is 1. The van der Waals surface area contributed by atoms with Crippen LogP contribution in [0.15, 0.2) is 47.0 Å². The number of rotatable bonds is 5. The van der Waals surface area contributed by atoms with Crippen LogP contribution in [0.1, 0.15) is 46.4 Å². The highest BCUT2D eigenvalue weighted by Gasteiger charge is 2.30. The summed E-state index contributed by atoms with van der Waals surface area (Å²) >= 11 is 0. The van der Waals surface area contributed by atoms with E-state index in [0.29, 0.717) is 22.9 Å². The Balaban J connectivity index is 1.53. The van der Waals surface area contributed by atoms with E-state index in [1.54, 1.807) is 6.07 Å². The summed E-state index contributed by atoms with van der Waals surface area (Å²) in [5, 5.41) is 4.78. The lowest BCUT2D eigenvalue weighted by Crippen LogP contribution is -2.37. The number of benzene rings is 2. The summed E-state index contributed by atoms with van der Waals surface area (Å²) in [4.78, 5) is 17.0. The van der Waals surface area contributed by atoms with E-state index in [1.165, 1.54) is 24.3 Å². The predicted octanol–water partition coefficient (Wildman–Crippen LogP) is 3.73. The van der Waals surface area contributed by atoms with Crippen molar-refractivity contribution in [3.63, 3.8) is 0 Å². The van der Waals surface area contributed by atoms with Crippen molar-refractivity contribution in [2.75, 3.05) is 5.73 Å². The first-order valence-corrected chi connectivity index (χ1v) is 9.18. The van der Waals surface area contributed by atoms with Crippen molar-refractivity contribution in [2.24, 2.45) is 5.84 Å². The van der Waals surface area contributed by atoms with Gasteiger partial charge in [-0.25, -0.2) is 5.84 Å². The Kier molecular flexibility index (Phi) is 4.94. The number of hydrogen-bond donors (Lipinski definition) is 2. The van der Waals surface area contributed by atoms with E-state index >= 15 is 0 Å². The highest BCUT2D eigenvalue weighted by Crippen LogP contribution is 2.38. The summed E-state index contributed by atoms with van der Waals surface area (Å²) in [6.07, 6.45) is -2.40. The van der Waals surface area contributed by atoms with Crippen LogP contribution in [0.3, 0.4) is 0 Å². The second-order valence-corrected chi connectivity index (χ2v) is 7.13. The summed E-state index contributed by atoms with van der Waals surface area (Å²) in [5.74, 6) is 6.43. The molecule has 0 spiro atoms. The highest BCUT2D eigenvalue weighted by molar-refractivity contribution is 6.00. The van der Waals surface area contributed by atoms with Gasteiger partial charge in [-0.15, -0.1) is 0 Å². The fraction of sp³-hybridized carbons (Fsp3) is 0.250. The Morgan fingerprint density at radius 1 is 1.13 bits per heavy atom. The second kappa shape index (κ2) is 7.45. The van der Waals surface area contributed by atoms with Crippen LogP contribution in [0, 0.1) is 0 Å². The molecule has 1 amide bonds. The van der Waals surface area contributed by atoms with E-state index in [9.17, 15) is 18.0 Å². The van der Waals surface area contributed by atoms with Crippen molar-refractivity contribution in [1.29, 1.82) is 0 Å². The number of carbonyl (C=O) groups excluding carboxylic acids is 1. The van der Waals surface area contributed by atoms with Gasteiger partial charge in [-0.2, -0.15) is 18.2 Å². The second-order valence-electron chi connectivity index (χ2n) is 7.13. The standard InChI is InChI=1S/C20H18F3N5O2/c21-20(22,23)14-6-3-11(4-7-14)13-5-8-16(24)15(9-13)19(29)28(25)10-17-26-18(27-30-17)12-1-2-12/h3-9,12H,1-2,10,24-25H2. The number of amides is 1. The van der Waals surface area contributed by atoms with Crippen LogP contribution < -0.4 is 11.6 Å². The van der Waals surface area contributed by atoms with E-state index < -0.39 is 17.6 Å². The molecular formula is C20H18F3N5O2. The fourth-order valence-electron chi connectivity index (χ4n) is 2.98. The average molecular weight is 417 g/mol. The zero-order chi connectivity index (χ0) is 21.5. The van der Waals surface area contributed by atoms with Crippen LogP contribution in [0.4, 0.5) is 18.9 Å². The molecule has 3 aromatic rings. The molecular weight excluding hydrogens is 399 g/mol. The maximum atomic E-state index is 12.8. The smallest absolute Gasteiger partial charge is 0.398 e. The zero-order valence-electron chi connectivity index (χ0n) is 15.7. The van der Waals surface area contributed by atoms with Crippen molar-refractivity contribution in [3.05, 3.63) is 65.3 Å². The lowest BCUT2D eigenvalue weighted by Gasteiger charge is -2.16. The molecule has 4 N–H and O–H groups in total. The number of hydrogen-bond acceptors (Lipinski definition) is 6. The van der Waals surface area contributed by atoms with E-state index in [4.69, 9.17) is 16.1 Å². The van der Waals surface area contributed by atoms with Gasteiger partial charge in [0.2, 0.25) is 5.89 Å². The Morgan fingerprint density at radius 2 is 1.80 bits per heavy atom. The van der Waals surface area contributed by atoms with Gasteiger partial charge in [-0.05, 0) is 48.2 Å². The van der Waals surface area contributed by atoms with Gasteiger partial charge < -0.3 is 10.3 Å². The Labute approximate surface area is 169 Å². The van der Waals surface area contributed by atoms with Gasteiger partial charge in [0, 0.05) is 11.6 Å². The molecule has 0 aliphatic heterocycles. The molecule has 1 heterocycles. The largest absolute Gasteiger partial charge is 0.416 e. The number of nitrogens with zero attached hydrogens (tertiary/aromatic N) is 3. The van der Waals surface area contributed by atoms with Crippen LogP contribution in [0.5, 0.6) is 0 Å². The molecule has 0 radical (unpaired) electrons. The molecule has 1 fully saturated rings. The number of nitrogen functional groups attached to an aromatic ring is 1. The molecule has 0 saturated heterocycles. The van der Waals surface area contributed by atoms with E-state index in [1.807, 2.05) is 0 Å². The van der Waals surface area contributed by atoms with Gasteiger partial charge in [0.15, 0.2) is 5.82 Å². The van der Waals surface area contributed by atoms with Crippen molar-refractivity contribution in [3.8, 4) is 11.1 Å². The molecule has 1 aromatic heterocycles. The number of nitrogens with two attached hydrogens (primary N) is 2. The monoisotopic (exact) mass is 417 g/mol. The average Bonchev–Trinajstić information content (AvgIpc) is 3.46. The molecule has 1 saturated carbocycles. The van der Waals surface area contributed by atoms with Crippen LogP contribution in [-0.2, 0) is 12.7 Å². The minimum absolute atomic E-state index is 0.0947. The normalized spacial score (nSPS) is 14.0. The summed E-state index contributed by atoms with van der Waals surface area (Å²) in [5.41, 5.74) is 6.53. The Hall–Kier alpha value is -3.40. The number of hydrazine groups is 1. The van der Waals surface area contributed by atoms with Crippen LogP contribution in [0.25, 0.3) is 11.1 Å². The van der Waals surface area contributed by atoms with Crippen molar-refractivity contribution in [2.45, 2.75) is 31.5 Å². The van der Waals surface area contributed by atoms with Gasteiger partial charge in [0.25, 0.3) is 5.91 Å². The SMILES string of the molecule is Nc1ccc(-c2ccc(C(F)(F)F)cc2)cc1C(=O)N(N)Cc1nc(C2CC2)no1. The number of alkyl halides is 3.